The van der Waals surface area contributed by atoms with Gasteiger partial charge in [0.15, 0.2) is 0 Å². The van der Waals surface area contributed by atoms with Crippen molar-refractivity contribution < 1.29 is 23.0 Å². The van der Waals surface area contributed by atoms with Crippen LogP contribution in [0.2, 0.25) is 0 Å². The van der Waals surface area contributed by atoms with E-state index in [1.807, 2.05) is 0 Å². The zero-order valence-electron chi connectivity index (χ0n) is 11.3. The number of pyridine rings is 1. The Kier molecular flexibility index (Phi) is 4.47. The van der Waals surface area contributed by atoms with Gasteiger partial charge in [-0.3, -0.25) is 4.98 Å². The van der Waals surface area contributed by atoms with Crippen molar-refractivity contribution in [3.63, 3.8) is 0 Å². The summed E-state index contributed by atoms with van der Waals surface area (Å²) in [6, 6.07) is 5.73. The summed E-state index contributed by atoms with van der Waals surface area (Å²) in [5.74, 6) is 0.399. The molecule has 112 valence electrons. The summed E-state index contributed by atoms with van der Waals surface area (Å²) in [4.78, 5) is 3.94. The molecule has 0 bridgehead atoms. The summed E-state index contributed by atoms with van der Waals surface area (Å²) in [7, 11) is 0. The highest BCUT2D eigenvalue weighted by Crippen LogP contribution is 2.35. The normalized spacial score (nSPS) is 11.5. The third kappa shape index (κ3) is 3.72. The second-order valence-corrected chi connectivity index (χ2v) is 4.51. The maximum absolute atomic E-state index is 12.9. The van der Waals surface area contributed by atoms with Crippen LogP contribution in [0.25, 0.3) is 11.1 Å². The maximum Gasteiger partial charge on any atom is 0.416 e. The minimum atomic E-state index is -4.39. The summed E-state index contributed by atoms with van der Waals surface area (Å²) < 4.78 is 44.0. The molecule has 0 atom stereocenters. The first-order valence-electron chi connectivity index (χ1n) is 6.29. The molecule has 0 saturated heterocycles. The van der Waals surface area contributed by atoms with Crippen LogP contribution >= 0.6 is 0 Å². The molecule has 3 nitrogen and oxygen atoms in total. The zero-order chi connectivity index (χ0) is 15.5. The van der Waals surface area contributed by atoms with Crippen molar-refractivity contribution in [2.45, 2.75) is 13.1 Å². The van der Waals surface area contributed by atoms with Gasteiger partial charge in [-0.2, -0.15) is 13.2 Å². The number of hydrogen-bond acceptors (Lipinski definition) is 3. The lowest BCUT2D eigenvalue weighted by Gasteiger charge is -2.12. The van der Waals surface area contributed by atoms with E-state index >= 15 is 0 Å². The molecule has 6 heteroatoms. The Labute approximate surface area is 120 Å². The molecule has 0 radical (unpaired) electrons. The number of halogens is 3. The summed E-state index contributed by atoms with van der Waals surface area (Å²) >= 11 is 0. The molecule has 0 aliphatic rings. The molecule has 1 heterocycles. The second-order valence-electron chi connectivity index (χ2n) is 4.51. The highest BCUT2D eigenvalue weighted by Gasteiger charge is 2.32. The topological polar surface area (TPSA) is 42.4 Å². The molecule has 0 spiro atoms. The first-order valence-corrected chi connectivity index (χ1v) is 6.29. The molecule has 2 aromatic rings. The summed E-state index contributed by atoms with van der Waals surface area (Å²) in [5.41, 5.74) is 0.444. The second kappa shape index (κ2) is 6.13. The van der Waals surface area contributed by atoms with Gasteiger partial charge in [-0.1, -0.05) is 12.1 Å². The first kappa shape index (κ1) is 15.3. The molecule has 0 aliphatic heterocycles. The van der Waals surface area contributed by atoms with Crippen molar-refractivity contribution in [3.8, 4) is 16.9 Å². The van der Waals surface area contributed by atoms with E-state index in [0.717, 1.165) is 6.07 Å². The Morgan fingerprint density at radius 2 is 1.90 bits per heavy atom. The minimum Gasteiger partial charge on any atom is -0.490 e. The van der Waals surface area contributed by atoms with Crippen LogP contribution < -0.4 is 4.74 Å². The van der Waals surface area contributed by atoms with Crippen LogP contribution in [0.3, 0.4) is 0 Å². The van der Waals surface area contributed by atoms with Gasteiger partial charge in [0, 0.05) is 11.8 Å². The van der Waals surface area contributed by atoms with Gasteiger partial charge in [0.1, 0.15) is 12.4 Å². The number of ether oxygens (including phenoxy) is 1. The number of nitrogens with zero attached hydrogens (tertiary/aromatic N) is 1. The average molecular weight is 297 g/mol. The number of alkyl halides is 3. The number of aliphatic hydroxyl groups is 1. The van der Waals surface area contributed by atoms with Crippen LogP contribution in [0.4, 0.5) is 13.2 Å². The zero-order valence-corrected chi connectivity index (χ0v) is 11.3. The van der Waals surface area contributed by atoms with Gasteiger partial charge in [-0.05, 0) is 30.2 Å². The monoisotopic (exact) mass is 297 g/mol. The van der Waals surface area contributed by atoms with Crippen molar-refractivity contribution in [2.75, 3.05) is 13.2 Å². The van der Waals surface area contributed by atoms with Crippen molar-refractivity contribution in [1.29, 1.82) is 0 Å². The quantitative estimate of drug-likeness (QED) is 0.940. The number of rotatable bonds is 4. The van der Waals surface area contributed by atoms with Gasteiger partial charge in [-0.25, -0.2) is 0 Å². The van der Waals surface area contributed by atoms with Gasteiger partial charge in [0.25, 0.3) is 0 Å². The molecular weight excluding hydrogens is 283 g/mol. The Hall–Kier alpha value is -2.08. The predicted octanol–water partition coefficient (Wildman–Crippen LogP) is 3.45. The van der Waals surface area contributed by atoms with E-state index in [1.54, 1.807) is 12.1 Å². The molecule has 0 unspecified atom stereocenters. The Morgan fingerprint density at radius 3 is 2.57 bits per heavy atom. The first-order chi connectivity index (χ1) is 9.91. The summed E-state index contributed by atoms with van der Waals surface area (Å²) in [6.45, 7) is 1.38. The van der Waals surface area contributed by atoms with E-state index in [-0.39, 0.29) is 18.8 Å². The fourth-order valence-electron chi connectivity index (χ4n) is 1.93. The van der Waals surface area contributed by atoms with Crippen LogP contribution in [0.1, 0.15) is 11.1 Å². The molecule has 0 aliphatic carbocycles. The van der Waals surface area contributed by atoms with Crippen molar-refractivity contribution >= 4 is 0 Å². The molecule has 1 N–H and O–H groups in total. The summed E-state index contributed by atoms with van der Waals surface area (Å²) in [5, 5.41) is 8.70. The van der Waals surface area contributed by atoms with E-state index in [9.17, 15) is 13.2 Å². The van der Waals surface area contributed by atoms with Crippen LogP contribution in [-0.2, 0) is 6.18 Å². The van der Waals surface area contributed by atoms with Crippen molar-refractivity contribution in [1.82, 2.24) is 4.98 Å². The SMILES string of the molecule is Cc1ccc(-c2cncc(OCCO)c2)cc1C(F)(F)F. The van der Waals surface area contributed by atoms with Crippen molar-refractivity contribution in [2.24, 2.45) is 0 Å². The molecule has 1 aromatic carbocycles. The largest absolute Gasteiger partial charge is 0.490 e. The smallest absolute Gasteiger partial charge is 0.416 e. The third-order valence-electron chi connectivity index (χ3n) is 2.95. The van der Waals surface area contributed by atoms with Gasteiger partial charge in [0.05, 0.1) is 18.4 Å². The highest BCUT2D eigenvalue weighted by molar-refractivity contribution is 5.65. The third-order valence-corrected chi connectivity index (χ3v) is 2.95. The van der Waals surface area contributed by atoms with Gasteiger partial charge < -0.3 is 9.84 Å². The lowest BCUT2D eigenvalue weighted by Crippen LogP contribution is -2.07. The summed E-state index contributed by atoms with van der Waals surface area (Å²) in [6.07, 6.45) is -1.48. The molecule has 1 aromatic heterocycles. The molecule has 0 amide bonds. The Morgan fingerprint density at radius 1 is 1.14 bits per heavy atom. The van der Waals surface area contributed by atoms with E-state index in [4.69, 9.17) is 9.84 Å². The minimum absolute atomic E-state index is 0.104. The maximum atomic E-state index is 12.9. The fraction of sp³-hybridized carbons (Fsp3) is 0.267. The number of aryl methyl sites for hydroxylation is 1. The Bertz CT molecular complexity index is 627. The van der Waals surface area contributed by atoms with E-state index in [1.165, 1.54) is 25.4 Å². The van der Waals surface area contributed by atoms with Crippen LogP contribution in [0.15, 0.2) is 36.7 Å². The lowest BCUT2D eigenvalue weighted by molar-refractivity contribution is -0.138. The number of aromatic nitrogens is 1. The number of benzene rings is 1. The number of hydrogen-bond donors (Lipinski definition) is 1. The lowest BCUT2D eigenvalue weighted by atomic mass is 10.0. The standard InChI is InChI=1S/C15H14F3NO2/c1-10-2-3-11(7-14(10)15(16,17)18)12-6-13(9-19-8-12)21-5-4-20/h2-3,6-9,20H,4-5H2,1H3. The average Bonchev–Trinajstić information content (AvgIpc) is 2.44. The van der Waals surface area contributed by atoms with Crippen LogP contribution in [-0.4, -0.2) is 23.3 Å². The molecule has 2 rings (SSSR count). The molecule has 0 saturated carbocycles. The molecule has 21 heavy (non-hydrogen) atoms. The predicted molar refractivity (Wildman–Crippen MR) is 72.0 cm³/mol. The van der Waals surface area contributed by atoms with Crippen LogP contribution in [0.5, 0.6) is 5.75 Å². The van der Waals surface area contributed by atoms with Crippen LogP contribution in [0, 0.1) is 6.92 Å². The van der Waals surface area contributed by atoms with Gasteiger partial charge in [-0.15, -0.1) is 0 Å². The van der Waals surface area contributed by atoms with Gasteiger partial charge in [0.2, 0.25) is 0 Å². The number of aliphatic hydroxyl groups excluding tert-OH is 1. The van der Waals surface area contributed by atoms with E-state index in [0.29, 0.717) is 16.9 Å². The molecular formula is C15H14F3NO2. The molecule has 0 fully saturated rings. The fourth-order valence-corrected chi connectivity index (χ4v) is 1.93. The van der Waals surface area contributed by atoms with E-state index in [2.05, 4.69) is 4.98 Å². The van der Waals surface area contributed by atoms with E-state index < -0.39 is 11.7 Å². The Balaban J connectivity index is 2.38. The van der Waals surface area contributed by atoms with Gasteiger partial charge >= 0.3 is 6.18 Å². The van der Waals surface area contributed by atoms with Crippen molar-refractivity contribution in [3.05, 3.63) is 47.8 Å². The highest BCUT2D eigenvalue weighted by atomic mass is 19.4.